The minimum atomic E-state index is -0.724. The standard InChI is InChI=1S/C15H23NO2/c1-10(2)14(15(17)18)9-16-8-13-6-5-11(3)12(4)7-13/h5-7,10,14,16H,8-9H2,1-4H3,(H,17,18). The number of carbonyl (C=O) groups is 1. The van der Waals surface area contributed by atoms with Gasteiger partial charge in [0.15, 0.2) is 0 Å². The topological polar surface area (TPSA) is 49.3 Å². The molecule has 0 aliphatic rings. The summed E-state index contributed by atoms with van der Waals surface area (Å²) in [6, 6.07) is 6.33. The largest absolute Gasteiger partial charge is 0.481 e. The lowest BCUT2D eigenvalue weighted by Crippen LogP contribution is -2.31. The second-order valence-corrected chi connectivity index (χ2v) is 5.24. The fourth-order valence-electron chi connectivity index (χ4n) is 1.89. The maximum Gasteiger partial charge on any atom is 0.308 e. The van der Waals surface area contributed by atoms with Crippen LogP contribution in [0.3, 0.4) is 0 Å². The monoisotopic (exact) mass is 249 g/mol. The summed E-state index contributed by atoms with van der Waals surface area (Å²) >= 11 is 0. The predicted molar refractivity (Wildman–Crippen MR) is 73.6 cm³/mol. The molecule has 1 rings (SSSR count). The molecule has 3 heteroatoms. The normalized spacial score (nSPS) is 12.7. The average Bonchev–Trinajstić information content (AvgIpc) is 2.28. The summed E-state index contributed by atoms with van der Waals surface area (Å²) in [5.41, 5.74) is 3.75. The summed E-state index contributed by atoms with van der Waals surface area (Å²) < 4.78 is 0. The number of carboxylic acid groups (broad SMARTS) is 1. The zero-order chi connectivity index (χ0) is 13.7. The van der Waals surface area contributed by atoms with E-state index in [2.05, 4.69) is 37.4 Å². The van der Waals surface area contributed by atoms with E-state index < -0.39 is 5.97 Å². The van der Waals surface area contributed by atoms with E-state index in [-0.39, 0.29) is 11.8 Å². The molecule has 100 valence electrons. The number of rotatable bonds is 6. The van der Waals surface area contributed by atoms with Gasteiger partial charge in [0, 0.05) is 13.1 Å². The molecule has 0 radical (unpaired) electrons. The average molecular weight is 249 g/mol. The van der Waals surface area contributed by atoms with Gasteiger partial charge >= 0.3 is 5.97 Å². The first-order valence-corrected chi connectivity index (χ1v) is 6.41. The lowest BCUT2D eigenvalue weighted by atomic mass is 9.96. The summed E-state index contributed by atoms with van der Waals surface area (Å²) in [7, 11) is 0. The molecule has 18 heavy (non-hydrogen) atoms. The van der Waals surface area contributed by atoms with Crippen molar-refractivity contribution in [3.63, 3.8) is 0 Å². The van der Waals surface area contributed by atoms with Crippen LogP contribution in [-0.4, -0.2) is 17.6 Å². The Balaban J connectivity index is 2.50. The van der Waals surface area contributed by atoms with E-state index in [9.17, 15) is 4.79 Å². The van der Waals surface area contributed by atoms with Crippen LogP contribution >= 0.6 is 0 Å². The first-order chi connectivity index (χ1) is 8.41. The van der Waals surface area contributed by atoms with E-state index in [1.807, 2.05) is 13.8 Å². The van der Waals surface area contributed by atoms with Crippen LogP contribution in [0.4, 0.5) is 0 Å². The molecule has 1 atom stereocenters. The van der Waals surface area contributed by atoms with Crippen molar-refractivity contribution in [1.82, 2.24) is 5.32 Å². The number of hydrogen-bond acceptors (Lipinski definition) is 2. The van der Waals surface area contributed by atoms with E-state index >= 15 is 0 Å². The van der Waals surface area contributed by atoms with Gasteiger partial charge in [0.1, 0.15) is 0 Å². The third-order valence-electron chi connectivity index (χ3n) is 3.39. The highest BCUT2D eigenvalue weighted by molar-refractivity contribution is 5.70. The summed E-state index contributed by atoms with van der Waals surface area (Å²) in [5.74, 6) is -0.899. The van der Waals surface area contributed by atoms with Crippen LogP contribution in [0.25, 0.3) is 0 Å². The smallest absolute Gasteiger partial charge is 0.308 e. The van der Waals surface area contributed by atoms with Crippen molar-refractivity contribution in [2.75, 3.05) is 6.54 Å². The fourth-order valence-corrected chi connectivity index (χ4v) is 1.89. The van der Waals surface area contributed by atoms with Crippen molar-refractivity contribution in [2.45, 2.75) is 34.2 Å². The number of carboxylic acids is 1. The maximum atomic E-state index is 11.0. The van der Waals surface area contributed by atoms with Crippen LogP contribution in [0.1, 0.15) is 30.5 Å². The van der Waals surface area contributed by atoms with E-state index in [1.165, 1.54) is 16.7 Å². The molecule has 2 N–H and O–H groups in total. The summed E-state index contributed by atoms with van der Waals surface area (Å²) in [5, 5.41) is 12.3. The highest BCUT2D eigenvalue weighted by Gasteiger charge is 2.20. The lowest BCUT2D eigenvalue weighted by molar-refractivity contribution is -0.143. The first-order valence-electron chi connectivity index (χ1n) is 6.41. The Morgan fingerprint density at radius 2 is 1.94 bits per heavy atom. The molecule has 1 unspecified atom stereocenters. The molecular weight excluding hydrogens is 226 g/mol. The Morgan fingerprint density at radius 3 is 2.44 bits per heavy atom. The summed E-state index contributed by atoms with van der Waals surface area (Å²) in [4.78, 5) is 11.0. The van der Waals surface area contributed by atoms with Crippen molar-refractivity contribution >= 4 is 5.97 Å². The van der Waals surface area contributed by atoms with Crippen LogP contribution < -0.4 is 5.32 Å². The van der Waals surface area contributed by atoms with Gasteiger partial charge in [0.25, 0.3) is 0 Å². The molecule has 0 fully saturated rings. The van der Waals surface area contributed by atoms with Gasteiger partial charge in [0.2, 0.25) is 0 Å². The van der Waals surface area contributed by atoms with Gasteiger partial charge in [-0.1, -0.05) is 32.0 Å². The van der Waals surface area contributed by atoms with E-state index in [0.29, 0.717) is 6.54 Å². The van der Waals surface area contributed by atoms with Crippen molar-refractivity contribution in [3.05, 3.63) is 34.9 Å². The number of benzene rings is 1. The third-order valence-corrected chi connectivity index (χ3v) is 3.39. The Morgan fingerprint density at radius 1 is 1.28 bits per heavy atom. The quantitative estimate of drug-likeness (QED) is 0.815. The van der Waals surface area contributed by atoms with Crippen molar-refractivity contribution < 1.29 is 9.90 Å². The van der Waals surface area contributed by atoms with Crippen LogP contribution in [-0.2, 0) is 11.3 Å². The van der Waals surface area contributed by atoms with Gasteiger partial charge in [-0.2, -0.15) is 0 Å². The van der Waals surface area contributed by atoms with Crippen molar-refractivity contribution in [1.29, 1.82) is 0 Å². The second kappa shape index (κ2) is 6.55. The lowest BCUT2D eigenvalue weighted by Gasteiger charge is -2.17. The van der Waals surface area contributed by atoms with E-state index in [4.69, 9.17) is 5.11 Å². The van der Waals surface area contributed by atoms with Crippen molar-refractivity contribution in [2.24, 2.45) is 11.8 Å². The molecule has 0 saturated carbocycles. The predicted octanol–water partition coefficient (Wildman–Crippen LogP) is 2.75. The molecule has 1 aromatic rings. The second-order valence-electron chi connectivity index (χ2n) is 5.24. The van der Waals surface area contributed by atoms with Crippen LogP contribution in [0.15, 0.2) is 18.2 Å². The molecule has 0 aromatic heterocycles. The fraction of sp³-hybridized carbons (Fsp3) is 0.533. The number of hydrogen-bond donors (Lipinski definition) is 2. The number of nitrogens with one attached hydrogen (secondary N) is 1. The summed E-state index contributed by atoms with van der Waals surface area (Å²) in [6.07, 6.45) is 0. The molecule has 1 aromatic carbocycles. The Hall–Kier alpha value is -1.35. The highest BCUT2D eigenvalue weighted by atomic mass is 16.4. The zero-order valence-electron chi connectivity index (χ0n) is 11.7. The molecule has 0 aliphatic heterocycles. The van der Waals surface area contributed by atoms with Crippen LogP contribution in [0.2, 0.25) is 0 Å². The van der Waals surface area contributed by atoms with Crippen LogP contribution in [0, 0.1) is 25.7 Å². The third kappa shape index (κ3) is 4.15. The first kappa shape index (κ1) is 14.7. The summed E-state index contributed by atoms with van der Waals surface area (Å²) in [6.45, 7) is 9.29. The molecule has 0 amide bonds. The zero-order valence-corrected chi connectivity index (χ0v) is 11.7. The minimum Gasteiger partial charge on any atom is -0.481 e. The molecule has 0 bridgehead atoms. The molecule has 0 aliphatic carbocycles. The maximum absolute atomic E-state index is 11.0. The van der Waals surface area contributed by atoms with Gasteiger partial charge in [-0.05, 0) is 36.5 Å². The SMILES string of the molecule is Cc1ccc(CNCC(C(=O)O)C(C)C)cc1C. The van der Waals surface area contributed by atoms with Crippen molar-refractivity contribution in [3.8, 4) is 0 Å². The van der Waals surface area contributed by atoms with Gasteiger partial charge < -0.3 is 10.4 Å². The van der Waals surface area contributed by atoms with Gasteiger partial charge in [-0.3, -0.25) is 4.79 Å². The van der Waals surface area contributed by atoms with Gasteiger partial charge in [-0.15, -0.1) is 0 Å². The molecule has 0 saturated heterocycles. The molecular formula is C15H23NO2. The highest BCUT2D eigenvalue weighted by Crippen LogP contribution is 2.12. The minimum absolute atomic E-state index is 0.148. The molecule has 0 heterocycles. The Labute approximate surface area is 109 Å². The number of aryl methyl sites for hydroxylation is 2. The van der Waals surface area contributed by atoms with Gasteiger partial charge in [-0.25, -0.2) is 0 Å². The molecule has 3 nitrogen and oxygen atoms in total. The molecule has 0 spiro atoms. The van der Waals surface area contributed by atoms with E-state index in [0.717, 1.165) is 6.54 Å². The Bertz CT molecular complexity index is 413. The number of aliphatic carboxylic acids is 1. The van der Waals surface area contributed by atoms with E-state index in [1.54, 1.807) is 0 Å². The Kier molecular flexibility index (Phi) is 5.35. The van der Waals surface area contributed by atoms with Crippen LogP contribution in [0.5, 0.6) is 0 Å². The van der Waals surface area contributed by atoms with Gasteiger partial charge in [0.05, 0.1) is 5.92 Å².